The molecule has 0 radical (unpaired) electrons. The standard InChI is InChI=1S/C19H18N4O4/c24-17(12-21-19(25)20-11-14-7-3-1-4-8-14)26-13-16-22-18(23-27-16)15-9-5-2-6-10-15/h1-10H,11-13H2,(H2,20,21,25). The highest BCUT2D eigenvalue weighted by atomic mass is 16.6. The van der Waals surface area contributed by atoms with Crippen molar-refractivity contribution in [2.24, 2.45) is 0 Å². The molecule has 0 atom stereocenters. The van der Waals surface area contributed by atoms with E-state index in [9.17, 15) is 9.59 Å². The van der Waals surface area contributed by atoms with Crippen molar-refractivity contribution in [3.05, 3.63) is 72.1 Å². The van der Waals surface area contributed by atoms with Crippen molar-refractivity contribution in [3.63, 3.8) is 0 Å². The number of benzene rings is 2. The van der Waals surface area contributed by atoms with Gasteiger partial charge in [-0.2, -0.15) is 4.98 Å². The second-order valence-electron chi connectivity index (χ2n) is 5.56. The van der Waals surface area contributed by atoms with Crippen LogP contribution in [0, 0.1) is 0 Å². The summed E-state index contributed by atoms with van der Waals surface area (Å²) >= 11 is 0. The van der Waals surface area contributed by atoms with Gasteiger partial charge < -0.3 is 19.9 Å². The van der Waals surface area contributed by atoms with Gasteiger partial charge in [0, 0.05) is 12.1 Å². The third-order valence-corrected chi connectivity index (χ3v) is 3.55. The highest BCUT2D eigenvalue weighted by molar-refractivity contribution is 5.80. The van der Waals surface area contributed by atoms with Crippen LogP contribution in [0.3, 0.4) is 0 Å². The predicted molar refractivity (Wildman–Crippen MR) is 96.2 cm³/mol. The van der Waals surface area contributed by atoms with E-state index >= 15 is 0 Å². The molecule has 27 heavy (non-hydrogen) atoms. The third kappa shape index (κ3) is 5.67. The number of urea groups is 1. The minimum absolute atomic E-state index is 0.161. The van der Waals surface area contributed by atoms with Crippen LogP contribution in [0.25, 0.3) is 11.4 Å². The predicted octanol–water partition coefficient (Wildman–Crippen LogP) is 2.28. The van der Waals surface area contributed by atoms with Crippen LogP contribution in [0.4, 0.5) is 4.79 Å². The second-order valence-corrected chi connectivity index (χ2v) is 5.56. The lowest BCUT2D eigenvalue weighted by Gasteiger charge is -2.07. The summed E-state index contributed by atoms with van der Waals surface area (Å²) in [5, 5.41) is 8.91. The van der Waals surface area contributed by atoms with Gasteiger partial charge in [-0.1, -0.05) is 65.8 Å². The topological polar surface area (TPSA) is 106 Å². The molecule has 2 aromatic carbocycles. The van der Waals surface area contributed by atoms with Crippen molar-refractivity contribution in [3.8, 4) is 11.4 Å². The lowest BCUT2D eigenvalue weighted by molar-refractivity contribution is -0.144. The smallest absolute Gasteiger partial charge is 0.325 e. The lowest BCUT2D eigenvalue weighted by atomic mass is 10.2. The van der Waals surface area contributed by atoms with Crippen LogP contribution in [0.5, 0.6) is 0 Å². The zero-order chi connectivity index (χ0) is 18.9. The van der Waals surface area contributed by atoms with Gasteiger partial charge in [0.15, 0.2) is 6.61 Å². The summed E-state index contributed by atoms with van der Waals surface area (Å²) in [7, 11) is 0. The molecule has 0 spiro atoms. The van der Waals surface area contributed by atoms with Crippen LogP contribution in [0.1, 0.15) is 11.5 Å². The average molecular weight is 366 g/mol. The van der Waals surface area contributed by atoms with Gasteiger partial charge in [0.25, 0.3) is 5.89 Å². The molecular weight excluding hydrogens is 348 g/mol. The Morgan fingerprint density at radius 2 is 1.67 bits per heavy atom. The molecule has 0 saturated heterocycles. The average Bonchev–Trinajstić information content (AvgIpc) is 3.20. The molecule has 3 rings (SSSR count). The molecule has 1 aromatic heterocycles. The van der Waals surface area contributed by atoms with E-state index < -0.39 is 12.0 Å². The number of esters is 1. The number of ether oxygens (including phenoxy) is 1. The Bertz CT molecular complexity index is 881. The van der Waals surface area contributed by atoms with E-state index in [1.54, 1.807) is 0 Å². The van der Waals surface area contributed by atoms with E-state index in [1.807, 2.05) is 60.7 Å². The van der Waals surface area contributed by atoms with Crippen molar-refractivity contribution in [1.82, 2.24) is 20.8 Å². The molecular formula is C19H18N4O4. The molecule has 0 bridgehead atoms. The normalized spacial score (nSPS) is 10.2. The maximum Gasteiger partial charge on any atom is 0.325 e. The van der Waals surface area contributed by atoms with Crippen LogP contribution in [-0.2, 0) is 22.7 Å². The second kappa shape index (κ2) is 9.14. The summed E-state index contributed by atoms with van der Waals surface area (Å²) in [4.78, 5) is 27.6. The molecule has 1 heterocycles. The molecule has 8 heteroatoms. The van der Waals surface area contributed by atoms with E-state index in [-0.39, 0.29) is 19.0 Å². The highest BCUT2D eigenvalue weighted by Crippen LogP contribution is 2.14. The fourth-order valence-corrected chi connectivity index (χ4v) is 2.20. The molecule has 8 nitrogen and oxygen atoms in total. The minimum atomic E-state index is -0.607. The van der Waals surface area contributed by atoms with Crippen molar-refractivity contribution in [1.29, 1.82) is 0 Å². The van der Waals surface area contributed by atoms with Gasteiger partial charge in [-0.25, -0.2) is 4.79 Å². The van der Waals surface area contributed by atoms with Crippen molar-refractivity contribution < 1.29 is 18.8 Å². The number of nitrogens with one attached hydrogen (secondary N) is 2. The van der Waals surface area contributed by atoms with Crippen molar-refractivity contribution >= 4 is 12.0 Å². The molecule has 0 saturated carbocycles. The van der Waals surface area contributed by atoms with Gasteiger partial charge in [0.2, 0.25) is 5.82 Å². The van der Waals surface area contributed by atoms with Gasteiger partial charge >= 0.3 is 12.0 Å². The molecule has 3 aromatic rings. The Morgan fingerprint density at radius 3 is 2.41 bits per heavy atom. The van der Waals surface area contributed by atoms with Crippen LogP contribution in [-0.4, -0.2) is 28.7 Å². The maximum atomic E-state index is 11.7. The third-order valence-electron chi connectivity index (χ3n) is 3.55. The number of amides is 2. The van der Waals surface area contributed by atoms with Crippen molar-refractivity contribution in [2.75, 3.05) is 6.54 Å². The molecule has 138 valence electrons. The van der Waals surface area contributed by atoms with E-state index in [4.69, 9.17) is 9.26 Å². The van der Waals surface area contributed by atoms with E-state index in [1.165, 1.54) is 0 Å². The van der Waals surface area contributed by atoms with Crippen LogP contribution >= 0.6 is 0 Å². The van der Waals surface area contributed by atoms with Gasteiger partial charge in [0.05, 0.1) is 0 Å². The molecule has 2 N–H and O–H groups in total. The van der Waals surface area contributed by atoms with Crippen LogP contribution in [0.2, 0.25) is 0 Å². The fourth-order valence-electron chi connectivity index (χ4n) is 2.20. The number of hydrogen-bond donors (Lipinski definition) is 2. The monoisotopic (exact) mass is 366 g/mol. The first-order valence-corrected chi connectivity index (χ1v) is 8.30. The Balaban J connectivity index is 1.37. The molecule has 0 aliphatic rings. The highest BCUT2D eigenvalue weighted by Gasteiger charge is 2.11. The summed E-state index contributed by atoms with van der Waals surface area (Å²) < 4.78 is 10.1. The largest absolute Gasteiger partial charge is 0.454 e. The number of carbonyl (C=O) groups excluding carboxylic acids is 2. The maximum absolute atomic E-state index is 11.7. The zero-order valence-corrected chi connectivity index (χ0v) is 14.4. The number of nitrogens with zero attached hydrogens (tertiary/aromatic N) is 2. The van der Waals surface area contributed by atoms with Gasteiger partial charge in [-0.15, -0.1) is 0 Å². The first-order valence-electron chi connectivity index (χ1n) is 8.30. The fraction of sp³-hybridized carbons (Fsp3) is 0.158. The lowest BCUT2D eigenvalue weighted by Crippen LogP contribution is -2.38. The molecule has 0 aliphatic heterocycles. The summed E-state index contributed by atoms with van der Waals surface area (Å²) in [6.07, 6.45) is 0. The van der Waals surface area contributed by atoms with Gasteiger partial charge in [-0.05, 0) is 5.56 Å². The Kier molecular flexibility index (Phi) is 6.13. The first-order chi connectivity index (χ1) is 13.2. The van der Waals surface area contributed by atoms with E-state index in [0.29, 0.717) is 12.4 Å². The van der Waals surface area contributed by atoms with E-state index in [0.717, 1.165) is 11.1 Å². The summed E-state index contributed by atoms with van der Waals surface area (Å²) in [5.41, 5.74) is 1.76. The number of hydrogen-bond acceptors (Lipinski definition) is 6. The molecule has 0 fully saturated rings. The van der Waals surface area contributed by atoms with Crippen LogP contribution in [0.15, 0.2) is 65.2 Å². The van der Waals surface area contributed by atoms with Crippen LogP contribution < -0.4 is 10.6 Å². The van der Waals surface area contributed by atoms with Crippen molar-refractivity contribution in [2.45, 2.75) is 13.2 Å². The number of rotatable bonds is 7. The summed E-state index contributed by atoms with van der Waals surface area (Å²) in [6, 6.07) is 18.3. The quantitative estimate of drug-likeness (QED) is 0.621. The summed E-state index contributed by atoms with van der Waals surface area (Å²) in [5.74, 6) is -0.0138. The number of carbonyl (C=O) groups is 2. The molecule has 0 unspecified atom stereocenters. The van der Waals surface area contributed by atoms with Gasteiger partial charge in [-0.3, -0.25) is 4.79 Å². The number of aromatic nitrogens is 2. The molecule has 0 aliphatic carbocycles. The SMILES string of the molecule is O=C(NCC(=O)OCc1nc(-c2ccccc2)no1)NCc1ccccc1. The molecule has 2 amide bonds. The van der Waals surface area contributed by atoms with E-state index in [2.05, 4.69) is 20.8 Å². The Hall–Kier alpha value is -3.68. The minimum Gasteiger partial charge on any atom is -0.454 e. The Labute approximate surface area is 155 Å². The summed E-state index contributed by atoms with van der Waals surface area (Å²) in [6.45, 7) is -0.0573. The van der Waals surface area contributed by atoms with Gasteiger partial charge in [0.1, 0.15) is 6.54 Å². The first kappa shape index (κ1) is 18.1. The zero-order valence-electron chi connectivity index (χ0n) is 14.4. The Morgan fingerprint density at radius 1 is 0.963 bits per heavy atom.